The average molecular weight is 489 g/mol. The van der Waals surface area contributed by atoms with E-state index in [0.29, 0.717) is 13.1 Å². The molecule has 0 aromatic heterocycles. The molecule has 0 aliphatic heterocycles. The van der Waals surface area contributed by atoms with Gasteiger partial charge >= 0.3 is 0 Å². The second-order valence-corrected chi connectivity index (χ2v) is 7.14. The van der Waals surface area contributed by atoms with Gasteiger partial charge in [0.25, 0.3) is 0 Å². The van der Waals surface area contributed by atoms with Gasteiger partial charge in [-0.05, 0) is 57.5 Å². The number of likely N-dealkylation sites (N-methyl/N-ethyl adjacent to an activating group) is 1. The van der Waals surface area contributed by atoms with Crippen molar-refractivity contribution >= 4 is 41.5 Å². The van der Waals surface area contributed by atoms with Crippen molar-refractivity contribution in [1.29, 1.82) is 0 Å². The molecule has 7 heteroatoms. The predicted octanol–water partition coefficient (Wildman–Crippen LogP) is 3.30. The molecule has 27 heavy (non-hydrogen) atoms. The number of benzene rings is 1. The summed E-state index contributed by atoms with van der Waals surface area (Å²) in [5.74, 6) is 1.54. The number of nitrogens with zero attached hydrogens (tertiary/aromatic N) is 2. The zero-order valence-corrected chi connectivity index (χ0v) is 19.7. The maximum atomic E-state index is 11.9. The van der Waals surface area contributed by atoms with Gasteiger partial charge in [-0.3, -0.25) is 4.79 Å². The Balaban J connectivity index is 0.00000676. The minimum atomic E-state index is -0.0178. The number of hydrogen-bond acceptors (Lipinski definition) is 3. The van der Waals surface area contributed by atoms with Crippen LogP contribution >= 0.6 is 24.0 Å². The highest BCUT2D eigenvalue weighted by molar-refractivity contribution is 14.0. The van der Waals surface area contributed by atoms with Crippen molar-refractivity contribution in [2.45, 2.75) is 40.2 Å². The van der Waals surface area contributed by atoms with Crippen LogP contribution in [0.15, 0.2) is 29.3 Å². The molecule has 0 aliphatic carbocycles. The maximum absolute atomic E-state index is 11.9. The van der Waals surface area contributed by atoms with Crippen molar-refractivity contribution < 1.29 is 4.79 Å². The molecule has 0 atom stereocenters. The van der Waals surface area contributed by atoms with Crippen LogP contribution in [0.4, 0.5) is 5.69 Å². The number of nitrogens with one attached hydrogen (secondary N) is 3. The zero-order chi connectivity index (χ0) is 19.4. The van der Waals surface area contributed by atoms with Gasteiger partial charge in [-0.1, -0.05) is 26.0 Å². The number of guanidine groups is 1. The first kappa shape index (κ1) is 25.6. The summed E-state index contributed by atoms with van der Waals surface area (Å²) in [6, 6.07) is 7.84. The third kappa shape index (κ3) is 12.6. The van der Waals surface area contributed by atoms with Crippen molar-refractivity contribution in [3.05, 3.63) is 29.8 Å². The number of rotatable bonds is 10. The van der Waals surface area contributed by atoms with E-state index in [1.807, 2.05) is 43.3 Å². The van der Waals surface area contributed by atoms with Crippen LogP contribution in [0.2, 0.25) is 0 Å². The fraction of sp³-hybridized carbons (Fsp3) is 0.600. The maximum Gasteiger partial charge on any atom is 0.238 e. The van der Waals surface area contributed by atoms with Crippen molar-refractivity contribution in [3.8, 4) is 0 Å². The zero-order valence-electron chi connectivity index (χ0n) is 17.3. The summed E-state index contributed by atoms with van der Waals surface area (Å²) in [4.78, 5) is 18.4. The number of carbonyl (C=O) groups excluding carboxylic acids is 1. The molecule has 0 spiro atoms. The van der Waals surface area contributed by atoms with Crippen molar-refractivity contribution in [2.75, 3.05) is 39.0 Å². The SMILES string of the molecule is CCNC(=NCc1cccc(NC(=O)CN(C)C)c1)NCCCC(C)C.I. The van der Waals surface area contributed by atoms with Crippen LogP contribution in [0.1, 0.15) is 39.2 Å². The molecule has 6 nitrogen and oxygen atoms in total. The van der Waals surface area contributed by atoms with Gasteiger partial charge in [0.1, 0.15) is 0 Å². The van der Waals surface area contributed by atoms with E-state index in [4.69, 9.17) is 0 Å². The van der Waals surface area contributed by atoms with E-state index in [-0.39, 0.29) is 29.9 Å². The fourth-order valence-electron chi connectivity index (χ4n) is 2.46. The molecule has 0 saturated heterocycles. The van der Waals surface area contributed by atoms with Gasteiger partial charge in [0, 0.05) is 18.8 Å². The van der Waals surface area contributed by atoms with Gasteiger partial charge < -0.3 is 20.9 Å². The number of hydrogen-bond donors (Lipinski definition) is 3. The minimum Gasteiger partial charge on any atom is -0.357 e. The third-order valence-electron chi connectivity index (χ3n) is 3.69. The monoisotopic (exact) mass is 489 g/mol. The summed E-state index contributed by atoms with van der Waals surface area (Å²) in [6.45, 7) is 9.23. The van der Waals surface area contributed by atoms with Gasteiger partial charge in [0.15, 0.2) is 5.96 Å². The normalized spacial score (nSPS) is 11.3. The highest BCUT2D eigenvalue weighted by Crippen LogP contribution is 2.11. The van der Waals surface area contributed by atoms with Crippen molar-refractivity contribution in [1.82, 2.24) is 15.5 Å². The lowest BCUT2D eigenvalue weighted by atomic mass is 10.1. The standard InChI is InChI=1S/C20H35N5O.HI/c1-6-21-20(22-12-8-9-16(2)3)23-14-17-10-7-11-18(13-17)24-19(26)15-25(4)5;/h7,10-11,13,16H,6,8-9,12,14-15H2,1-5H3,(H,24,26)(H2,21,22,23);1H. The van der Waals surface area contributed by atoms with Gasteiger partial charge in [-0.2, -0.15) is 0 Å². The summed E-state index contributed by atoms with van der Waals surface area (Å²) in [6.07, 6.45) is 2.34. The summed E-state index contributed by atoms with van der Waals surface area (Å²) in [5, 5.41) is 9.57. The molecule has 1 rings (SSSR count). The number of anilines is 1. The molecule has 154 valence electrons. The summed E-state index contributed by atoms with van der Waals surface area (Å²) < 4.78 is 0. The first-order valence-electron chi connectivity index (χ1n) is 9.46. The molecule has 3 N–H and O–H groups in total. The second kappa shape index (κ2) is 14.7. The summed E-state index contributed by atoms with van der Waals surface area (Å²) in [7, 11) is 3.75. The lowest BCUT2D eigenvalue weighted by molar-refractivity contribution is -0.116. The lowest BCUT2D eigenvalue weighted by Gasteiger charge is -2.12. The Labute approximate surface area is 181 Å². The number of amides is 1. The lowest BCUT2D eigenvalue weighted by Crippen LogP contribution is -2.37. The largest absolute Gasteiger partial charge is 0.357 e. The van der Waals surface area contributed by atoms with E-state index in [9.17, 15) is 4.79 Å². The van der Waals surface area contributed by atoms with E-state index in [1.54, 1.807) is 0 Å². The van der Waals surface area contributed by atoms with Crippen LogP contribution < -0.4 is 16.0 Å². The second-order valence-electron chi connectivity index (χ2n) is 7.14. The number of halogens is 1. The molecule has 0 saturated carbocycles. The average Bonchev–Trinajstić information content (AvgIpc) is 2.55. The highest BCUT2D eigenvalue weighted by atomic mass is 127. The van der Waals surface area contributed by atoms with Crippen LogP contribution in [0.3, 0.4) is 0 Å². The molecular formula is C20H36IN5O. The Bertz CT molecular complexity index is 575. The van der Waals surface area contributed by atoms with Crippen LogP contribution in [-0.4, -0.2) is 50.5 Å². The van der Waals surface area contributed by atoms with E-state index in [1.165, 1.54) is 6.42 Å². The van der Waals surface area contributed by atoms with Crippen molar-refractivity contribution in [2.24, 2.45) is 10.9 Å². The first-order valence-corrected chi connectivity index (χ1v) is 9.46. The van der Waals surface area contributed by atoms with Gasteiger partial charge in [-0.25, -0.2) is 4.99 Å². The molecule has 1 aromatic carbocycles. The van der Waals surface area contributed by atoms with Crippen LogP contribution in [0, 0.1) is 5.92 Å². The number of carbonyl (C=O) groups is 1. The fourth-order valence-corrected chi connectivity index (χ4v) is 2.46. The van der Waals surface area contributed by atoms with Gasteiger partial charge in [0.2, 0.25) is 5.91 Å². The Hall–Kier alpha value is -1.35. The van der Waals surface area contributed by atoms with Crippen LogP contribution in [0.25, 0.3) is 0 Å². The predicted molar refractivity (Wildman–Crippen MR) is 126 cm³/mol. The van der Waals surface area contributed by atoms with E-state index < -0.39 is 0 Å². The highest BCUT2D eigenvalue weighted by Gasteiger charge is 2.04. The van der Waals surface area contributed by atoms with Gasteiger partial charge in [0.05, 0.1) is 13.1 Å². The molecule has 0 heterocycles. The van der Waals surface area contributed by atoms with Crippen LogP contribution in [0.5, 0.6) is 0 Å². The Kier molecular flexibility index (Phi) is 13.9. The molecule has 0 bridgehead atoms. The third-order valence-corrected chi connectivity index (χ3v) is 3.69. The molecule has 1 aromatic rings. The molecule has 0 fully saturated rings. The molecule has 0 unspecified atom stereocenters. The van der Waals surface area contributed by atoms with Crippen LogP contribution in [-0.2, 0) is 11.3 Å². The Morgan fingerprint density at radius 2 is 1.96 bits per heavy atom. The number of aliphatic imine (C=N–C) groups is 1. The molecule has 1 amide bonds. The Morgan fingerprint density at radius 3 is 2.59 bits per heavy atom. The van der Waals surface area contributed by atoms with Crippen molar-refractivity contribution in [3.63, 3.8) is 0 Å². The Morgan fingerprint density at radius 1 is 1.22 bits per heavy atom. The topological polar surface area (TPSA) is 68.8 Å². The first-order chi connectivity index (χ1) is 12.4. The summed E-state index contributed by atoms with van der Waals surface area (Å²) >= 11 is 0. The van der Waals surface area contributed by atoms with E-state index in [2.05, 4.69) is 41.7 Å². The minimum absolute atomic E-state index is 0. The van der Waals surface area contributed by atoms with E-state index in [0.717, 1.165) is 42.6 Å². The molecule has 0 radical (unpaired) electrons. The van der Waals surface area contributed by atoms with Gasteiger partial charge in [-0.15, -0.1) is 24.0 Å². The van der Waals surface area contributed by atoms with E-state index >= 15 is 0 Å². The molecular weight excluding hydrogens is 453 g/mol. The quantitative estimate of drug-likeness (QED) is 0.204. The summed E-state index contributed by atoms with van der Waals surface area (Å²) in [5.41, 5.74) is 1.87. The smallest absolute Gasteiger partial charge is 0.238 e. The molecule has 0 aliphatic rings.